The molecule has 22 heavy (non-hydrogen) atoms. The van der Waals surface area contributed by atoms with Gasteiger partial charge in [0.25, 0.3) is 0 Å². The SMILES string of the molecule is O=C1CCC(CCNOCc2ccccc2)c2ccccc21. The molecule has 0 saturated carbocycles. The van der Waals surface area contributed by atoms with Gasteiger partial charge in [-0.1, -0.05) is 54.6 Å². The molecule has 0 spiro atoms. The van der Waals surface area contributed by atoms with Crippen LogP contribution < -0.4 is 5.48 Å². The van der Waals surface area contributed by atoms with Crippen molar-refractivity contribution < 1.29 is 9.63 Å². The van der Waals surface area contributed by atoms with E-state index in [1.807, 2.05) is 48.5 Å². The van der Waals surface area contributed by atoms with E-state index >= 15 is 0 Å². The quantitative estimate of drug-likeness (QED) is 0.649. The van der Waals surface area contributed by atoms with E-state index in [-0.39, 0.29) is 5.78 Å². The highest BCUT2D eigenvalue weighted by Crippen LogP contribution is 2.33. The number of carbonyl (C=O) groups is 1. The minimum atomic E-state index is 0.278. The molecule has 0 heterocycles. The first-order valence-corrected chi connectivity index (χ1v) is 7.85. The lowest BCUT2D eigenvalue weighted by Crippen LogP contribution is -2.21. The lowest BCUT2D eigenvalue weighted by molar-refractivity contribution is 0.0263. The van der Waals surface area contributed by atoms with Crippen molar-refractivity contribution in [1.29, 1.82) is 0 Å². The van der Waals surface area contributed by atoms with Crippen molar-refractivity contribution in [3.8, 4) is 0 Å². The summed E-state index contributed by atoms with van der Waals surface area (Å²) in [5.41, 5.74) is 6.30. The third-order valence-corrected chi connectivity index (χ3v) is 4.20. The molecule has 3 heteroatoms. The van der Waals surface area contributed by atoms with Gasteiger partial charge in [0.1, 0.15) is 0 Å². The minimum Gasteiger partial charge on any atom is -0.297 e. The molecule has 0 amide bonds. The lowest BCUT2D eigenvalue weighted by Gasteiger charge is -2.24. The summed E-state index contributed by atoms with van der Waals surface area (Å²) in [7, 11) is 0. The Balaban J connectivity index is 1.46. The van der Waals surface area contributed by atoms with Crippen LogP contribution in [0.5, 0.6) is 0 Å². The van der Waals surface area contributed by atoms with E-state index in [0.29, 0.717) is 18.9 Å². The summed E-state index contributed by atoms with van der Waals surface area (Å²) in [5, 5.41) is 0. The van der Waals surface area contributed by atoms with E-state index in [4.69, 9.17) is 4.84 Å². The van der Waals surface area contributed by atoms with Gasteiger partial charge in [-0.25, -0.2) is 5.48 Å². The van der Waals surface area contributed by atoms with E-state index in [9.17, 15) is 4.79 Å². The molecular formula is C19H21NO2. The molecule has 0 fully saturated rings. The molecule has 114 valence electrons. The molecule has 0 bridgehead atoms. The molecule has 2 aromatic rings. The number of hydrogen-bond donors (Lipinski definition) is 1. The first kappa shape index (κ1) is 14.9. The topological polar surface area (TPSA) is 38.3 Å². The average molecular weight is 295 g/mol. The highest BCUT2D eigenvalue weighted by Gasteiger charge is 2.24. The number of fused-ring (bicyclic) bond motifs is 1. The Morgan fingerprint density at radius 2 is 1.82 bits per heavy atom. The second-order valence-corrected chi connectivity index (χ2v) is 5.70. The zero-order chi connectivity index (χ0) is 15.2. The Labute approximate surface area is 131 Å². The number of hydrogen-bond acceptors (Lipinski definition) is 3. The summed E-state index contributed by atoms with van der Waals surface area (Å²) in [6, 6.07) is 18.1. The fourth-order valence-corrected chi connectivity index (χ4v) is 3.02. The maximum Gasteiger partial charge on any atom is 0.163 e. The normalized spacial score (nSPS) is 17.3. The summed E-state index contributed by atoms with van der Waals surface area (Å²) in [6.07, 6.45) is 2.59. The Morgan fingerprint density at radius 1 is 1.05 bits per heavy atom. The molecule has 3 nitrogen and oxygen atoms in total. The van der Waals surface area contributed by atoms with Crippen LogP contribution in [-0.2, 0) is 11.4 Å². The number of benzene rings is 2. The fourth-order valence-electron chi connectivity index (χ4n) is 3.02. The Kier molecular flexibility index (Phi) is 4.99. The predicted octanol–water partition coefficient (Wildman–Crippen LogP) is 3.86. The van der Waals surface area contributed by atoms with Crippen molar-refractivity contribution in [2.24, 2.45) is 0 Å². The van der Waals surface area contributed by atoms with Crippen LogP contribution >= 0.6 is 0 Å². The van der Waals surface area contributed by atoms with Gasteiger partial charge in [-0.05, 0) is 29.9 Å². The Hall–Kier alpha value is -1.97. The molecule has 1 aliphatic carbocycles. The van der Waals surface area contributed by atoms with E-state index in [1.165, 1.54) is 5.56 Å². The predicted molar refractivity (Wildman–Crippen MR) is 86.6 cm³/mol. The summed E-state index contributed by atoms with van der Waals surface area (Å²) in [6.45, 7) is 1.36. The monoisotopic (exact) mass is 295 g/mol. The smallest absolute Gasteiger partial charge is 0.163 e. The van der Waals surface area contributed by atoms with Crippen LogP contribution in [0.2, 0.25) is 0 Å². The molecule has 1 unspecified atom stereocenters. The molecule has 0 radical (unpaired) electrons. The Morgan fingerprint density at radius 3 is 2.68 bits per heavy atom. The molecule has 0 aromatic heterocycles. The van der Waals surface area contributed by atoms with E-state index < -0.39 is 0 Å². The zero-order valence-corrected chi connectivity index (χ0v) is 12.6. The minimum absolute atomic E-state index is 0.278. The van der Waals surface area contributed by atoms with Crippen LogP contribution in [0.1, 0.15) is 46.7 Å². The highest BCUT2D eigenvalue weighted by atomic mass is 16.6. The van der Waals surface area contributed by atoms with Crippen LogP contribution in [0.4, 0.5) is 0 Å². The van der Waals surface area contributed by atoms with Crippen LogP contribution in [0, 0.1) is 0 Å². The van der Waals surface area contributed by atoms with Crippen LogP contribution in [0.15, 0.2) is 54.6 Å². The number of Topliss-reactive ketones (excluding diaryl/α,β-unsaturated/α-hetero) is 1. The zero-order valence-electron chi connectivity index (χ0n) is 12.6. The van der Waals surface area contributed by atoms with Gasteiger partial charge >= 0.3 is 0 Å². The van der Waals surface area contributed by atoms with Crippen molar-refractivity contribution in [3.05, 3.63) is 71.3 Å². The largest absolute Gasteiger partial charge is 0.297 e. The third kappa shape index (κ3) is 3.62. The maximum atomic E-state index is 11.9. The average Bonchev–Trinajstić information content (AvgIpc) is 2.58. The number of carbonyl (C=O) groups excluding carboxylic acids is 1. The summed E-state index contributed by atoms with van der Waals surface area (Å²) in [4.78, 5) is 17.4. The molecule has 3 rings (SSSR count). The molecule has 1 N–H and O–H groups in total. The molecule has 1 aliphatic rings. The van der Waals surface area contributed by atoms with Gasteiger partial charge in [-0.3, -0.25) is 9.63 Å². The maximum absolute atomic E-state index is 11.9. The van der Waals surface area contributed by atoms with Gasteiger partial charge in [-0.2, -0.15) is 0 Å². The number of hydroxylamine groups is 1. The summed E-state index contributed by atoms with van der Waals surface area (Å²) < 4.78 is 0. The van der Waals surface area contributed by atoms with Gasteiger partial charge in [-0.15, -0.1) is 0 Å². The van der Waals surface area contributed by atoms with E-state index in [2.05, 4.69) is 11.5 Å². The first-order chi connectivity index (χ1) is 10.8. The second-order valence-electron chi connectivity index (χ2n) is 5.70. The molecule has 0 aliphatic heterocycles. The van der Waals surface area contributed by atoms with Gasteiger partial charge in [0.05, 0.1) is 6.61 Å². The van der Waals surface area contributed by atoms with Crippen molar-refractivity contribution >= 4 is 5.78 Å². The lowest BCUT2D eigenvalue weighted by atomic mass is 9.80. The summed E-state index contributed by atoms with van der Waals surface area (Å²) >= 11 is 0. The number of nitrogens with one attached hydrogen (secondary N) is 1. The standard InChI is InChI=1S/C19H21NO2/c21-19-11-10-16(17-8-4-5-9-18(17)19)12-13-20-22-14-15-6-2-1-3-7-15/h1-9,16,20H,10-14H2. The van der Waals surface area contributed by atoms with E-state index in [0.717, 1.165) is 30.5 Å². The van der Waals surface area contributed by atoms with Crippen LogP contribution in [0.3, 0.4) is 0 Å². The van der Waals surface area contributed by atoms with Crippen molar-refractivity contribution in [2.75, 3.05) is 6.54 Å². The van der Waals surface area contributed by atoms with E-state index in [1.54, 1.807) is 0 Å². The van der Waals surface area contributed by atoms with Crippen molar-refractivity contribution in [3.63, 3.8) is 0 Å². The van der Waals surface area contributed by atoms with Gasteiger partial charge in [0, 0.05) is 18.5 Å². The molecule has 2 aromatic carbocycles. The molecule has 1 atom stereocenters. The highest BCUT2D eigenvalue weighted by molar-refractivity contribution is 5.98. The number of ketones is 1. The van der Waals surface area contributed by atoms with Crippen molar-refractivity contribution in [1.82, 2.24) is 5.48 Å². The van der Waals surface area contributed by atoms with Crippen LogP contribution in [-0.4, -0.2) is 12.3 Å². The first-order valence-electron chi connectivity index (χ1n) is 7.85. The summed E-state index contributed by atoms with van der Waals surface area (Å²) in [5.74, 6) is 0.724. The second kappa shape index (κ2) is 7.34. The molecule has 0 saturated heterocycles. The Bertz CT molecular complexity index is 624. The van der Waals surface area contributed by atoms with Gasteiger partial charge in [0.15, 0.2) is 5.78 Å². The van der Waals surface area contributed by atoms with Crippen molar-refractivity contribution in [2.45, 2.75) is 31.8 Å². The number of rotatable bonds is 6. The third-order valence-electron chi connectivity index (χ3n) is 4.20. The van der Waals surface area contributed by atoms with Gasteiger partial charge in [0.2, 0.25) is 0 Å². The van der Waals surface area contributed by atoms with Crippen LogP contribution in [0.25, 0.3) is 0 Å². The van der Waals surface area contributed by atoms with Gasteiger partial charge < -0.3 is 0 Å². The molecular weight excluding hydrogens is 274 g/mol. The fraction of sp³-hybridized carbons (Fsp3) is 0.316.